The number of para-hydroxylation sites is 1. The number of aryl methyl sites for hydroxylation is 3. The van der Waals surface area contributed by atoms with Crippen molar-refractivity contribution in [3.05, 3.63) is 45.6 Å². The van der Waals surface area contributed by atoms with Crippen LogP contribution in [0.4, 0.5) is 11.5 Å². The smallest absolute Gasteiger partial charge is 0.143 e. The molecule has 0 saturated carbocycles. The third-order valence-electron chi connectivity index (χ3n) is 3.52. The van der Waals surface area contributed by atoms with Crippen molar-refractivity contribution in [1.29, 1.82) is 0 Å². The van der Waals surface area contributed by atoms with Crippen molar-refractivity contribution in [1.82, 2.24) is 9.97 Å². The number of halogens is 1. The van der Waals surface area contributed by atoms with Crippen molar-refractivity contribution in [2.24, 2.45) is 0 Å². The summed E-state index contributed by atoms with van der Waals surface area (Å²) in [5, 5.41) is 5.15. The molecule has 0 saturated heterocycles. The first kappa shape index (κ1) is 14.3. The van der Waals surface area contributed by atoms with Crippen molar-refractivity contribution in [2.75, 3.05) is 5.32 Å². The number of thiophene rings is 1. The van der Waals surface area contributed by atoms with Crippen molar-refractivity contribution in [2.45, 2.75) is 27.2 Å². The van der Waals surface area contributed by atoms with Crippen LogP contribution in [0.2, 0.25) is 5.02 Å². The number of nitrogens with one attached hydrogen (secondary N) is 1. The van der Waals surface area contributed by atoms with Gasteiger partial charge in [-0.3, -0.25) is 0 Å². The average molecular weight is 318 g/mol. The topological polar surface area (TPSA) is 37.8 Å². The van der Waals surface area contributed by atoms with Gasteiger partial charge in [-0.05, 0) is 31.5 Å². The third-order valence-corrected chi connectivity index (χ3v) is 4.95. The first-order valence-electron chi connectivity index (χ1n) is 6.88. The number of hydrogen-bond acceptors (Lipinski definition) is 4. The van der Waals surface area contributed by atoms with Crippen LogP contribution in [0.5, 0.6) is 0 Å². The highest BCUT2D eigenvalue weighted by Crippen LogP contribution is 2.35. The van der Waals surface area contributed by atoms with Gasteiger partial charge in [-0.1, -0.05) is 30.7 Å². The number of aromatic nitrogens is 2. The number of anilines is 2. The number of fused-ring (bicyclic) bond motifs is 1. The summed E-state index contributed by atoms with van der Waals surface area (Å²) in [6.07, 6.45) is 0.809. The summed E-state index contributed by atoms with van der Waals surface area (Å²) in [5.41, 5.74) is 2.09. The molecule has 2 aromatic heterocycles. The Morgan fingerprint density at radius 1 is 1.19 bits per heavy atom. The van der Waals surface area contributed by atoms with E-state index in [-0.39, 0.29) is 0 Å². The lowest BCUT2D eigenvalue weighted by atomic mass is 10.2. The van der Waals surface area contributed by atoms with Crippen LogP contribution in [0, 0.1) is 13.8 Å². The quantitative estimate of drug-likeness (QED) is 0.715. The predicted molar refractivity (Wildman–Crippen MR) is 91.0 cm³/mol. The van der Waals surface area contributed by atoms with E-state index < -0.39 is 0 Å². The summed E-state index contributed by atoms with van der Waals surface area (Å²) in [4.78, 5) is 11.6. The third kappa shape index (κ3) is 2.61. The summed E-state index contributed by atoms with van der Waals surface area (Å²) in [6.45, 7) is 6.29. The zero-order chi connectivity index (χ0) is 15.0. The molecule has 2 heterocycles. The van der Waals surface area contributed by atoms with E-state index in [1.807, 2.05) is 24.3 Å². The van der Waals surface area contributed by atoms with Crippen LogP contribution < -0.4 is 5.32 Å². The normalized spacial score (nSPS) is 11.0. The van der Waals surface area contributed by atoms with Gasteiger partial charge in [0.15, 0.2) is 0 Å². The fraction of sp³-hybridized carbons (Fsp3) is 0.250. The van der Waals surface area contributed by atoms with E-state index in [1.54, 1.807) is 11.3 Å². The Hall–Kier alpha value is -1.65. The van der Waals surface area contributed by atoms with Gasteiger partial charge < -0.3 is 5.32 Å². The molecule has 0 aliphatic rings. The van der Waals surface area contributed by atoms with Crippen LogP contribution in [-0.4, -0.2) is 9.97 Å². The monoisotopic (exact) mass is 317 g/mol. The maximum Gasteiger partial charge on any atom is 0.143 e. The summed E-state index contributed by atoms with van der Waals surface area (Å²) < 4.78 is 0. The van der Waals surface area contributed by atoms with Crippen LogP contribution in [0.25, 0.3) is 10.2 Å². The fourth-order valence-corrected chi connectivity index (χ4v) is 3.46. The maximum atomic E-state index is 6.24. The highest BCUT2D eigenvalue weighted by molar-refractivity contribution is 7.18. The Kier molecular flexibility index (Phi) is 3.83. The lowest BCUT2D eigenvalue weighted by Crippen LogP contribution is -2.00. The van der Waals surface area contributed by atoms with Crippen LogP contribution in [0.3, 0.4) is 0 Å². The number of rotatable bonds is 3. The molecule has 0 bridgehead atoms. The van der Waals surface area contributed by atoms with Gasteiger partial charge in [0.1, 0.15) is 16.5 Å². The van der Waals surface area contributed by atoms with Crippen LogP contribution >= 0.6 is 22.9 Å². The molecule has 0 fully saturated rings. The lowest BCUT2D eigenvalue weighted by molar-refractivity contribution is 0.967. The predicted octanol–water partition coefficient (Wildman–Crippen LogP) is 5.27. The molecule has 0 amide bonds. The van der Waals surface area contributed by atoms with Gasteiger partial charge in [0, 0.05) is 11.3 Å². The second kappa shape index (κ2) is 5.62. The molecule has 5 heteroatoms. The van der Waals surface area contributed by atoms with Crippen molar-refractivity contribution >= 4 is 44.7 Å². The molecule has 0 radical (unpaired) electrons. The summed E-state index contributed by atoms with van der Waals surface area (Å²) >= 11 is 7.95. The Morgan fingerprint density at radius 2 is 1.95 bits per heavy atom. The second-order valence-corrected chi connectivity index (χ2v) is 6.52. The van der Waals surface area contributed by atoms with Crippen molar-refractivity contribution in [3.8, 4) is 0 Å². The van der Waals surface area contributed by atoms with Gasteiger partial charge in [-0.15, -0.1) is 11.3 Å². The largest absolute Gasteiger partial charge is 0.338 e. The minimum absolute atomic E-state index is 0.687. The average Bonchev–Trinajstić information content (AvgIpc) is 2.76. The number of hydrogen-bond donors (Lipinski definition) is 1. The Bertz CT molecular complexity index is 811. The molecule has 21 heavy (non-hydrogen) atoms. The molecule has 0 aliphatic carbocycles. The molecule has 108 valence electrons. The van der Waals surface area contributed by atoms with Gasteiger partial charge in [-0.2, -0.15) is 0 Å². The molecule has 3 rings (SSSR count). The molecule has 3 aromatic rings. The molecule has 1 N–H and O–H groups in total. The van der Waals surface area contributed by atoms with Crippen LogP contribution in [0.15, 0.2) is 24.3 Å². The minimum atomic E-state index is 0.687. The molecule has 0 atom stereocenters. The summed E-state index contributed by atoms with van der Waals surface area (Å²) in [7, 11) is 0. The molecule has 0 aliphatic heterocycles. The minimum Gasteiger partial charge on any atom is -0.338 e. The zero-order valence-corrected chi connectivity index (χ0v) is 13.8. The van der Waals surface area contributed by atoms with Crippen molar-refractivity contribution in [3.63, 3.8) is 0 Å². The van der Waals surface area contributed by atoms with Gasteiger partial charge >= 0.3 is 0 Å². The van der Waals surface area contributed by atoms with Crippen molar-refractivity contribution < 1.29 is 0 Å². The Morgan fingerprint density at radius 3 is 2.67 bits per heavy atom. The van der Waals surface area contributed by atoms with Gasteiger partial charge in [0.05, 0.1) is 16.1 Å². The molecule has 3 nitrogen and oxygen atoms in total. The number of benzene rings is 1. The van der Waals surface area contributed by atoms with E-state index >= 15 is 0 Å². The fourth-order valence-electron chi connectivity index (χ4n) is 2.23. The highest BCUT2D eigenvalue weighted by atomic mass is 35.5. The van der Waals surface area contributed by atoms with E-state index in [4.69, 9.17) is 11.6 Å². The molecule has 0 unspecified atom stereocenters. The SMILES string of the molecule is CCc1nc(Nc2ccccc2Cl)c2c(C)c(C)sc2n1. The van der Waals surface area contributed by atoms with Crippen LogP contribution in [0.1, 0.15) is 23.2 Å². The van der Waals surface area contributed by atoms with Gasteiger partial charge in [0.25, 0.3) is 0 Å². The van der Waals surface area contributed by atoms with E-state index in [2.05, 4.69) is 36.1 Å². The molecular weight excluding hydrogens is 302 g/mol. The standard InChI is InChI=1S/C16H16ClN3S/c1-4-13-19-15(18-12-8-6-5-7-11(12)17)14-9(2)10(3)21-16(14)20-13/h5-8H,4H2,1-3H3,(H,18,19,20). The van der Waals surface area contributed by atoms with Crippen LogP contribution in [-0.2, 0) is 6.42 Å². The van der Waals surface area contributed by atoms with E-state index in [9.17, 15) is 0 Å². The lowest BCUT2D eigenvalue weighted by Gasteiger charge is -2.10. The first-order chi connectivity index (χ1) is 10.1. The van der Waals surface area contributed by atoms with E-state index in [0.717, 1.165) is 34.0 Å². The number of nitrogens with zero attached hydrogens (tertiary/aromatic N) is 2. The molecule has 0 spiro atoms. The Labute approximate surface area is 133 Å². The van der Waals surface area contributed by atoms with E-state index in [1.165, 1.54) is 10.4 Å². The van der Waals surface area contributed by atoms with E-state index in [0.29, 0.717) is 5.02 Å². The molecular formula is C16H16ClN3S. The first-order valence-corrected chi connectivity index (χ1v) is 8.07. The summed E-state index contributed by atoms with van der Waals surface area (Å²) in [6, 6.07) is 7.70. The van der Waals surface area contributed by atoms with Gasteiger partial charge in [-0.25, -0.2) is 9.97 Å². The highest BCUT2D eigenvalue weighted by Gasteiger charge is 2.14. The zero-order valence-electron chi connectivity index (χ0n) is 12.2. The maximum absolute atomic E-state index is 6.24. The second-order valence-electron chi connectivity index (χ2n) is 4.91. The molecule has 1 aromatic carbocycles. The summed E-state index contributed by atoms with van der Waals surface area (Å²) in [5.74, 6) is 1.69. The Balaban J connectivity index is 2.18. The van der Waals surface area contributed by atoms with Gasteiger partial charge in [0.2, 0.25) is 0 Å².